The van der Waals surface area contributed by atoms with E-state index < -0.39 is 8.56 Å². The average Bonchev–Trinajstić information content (AvgIpc) is 2.20. The van der Waals surface area contributed by atoms with E-state index in [1.54, 1.807) is 0 Å². The predicted molar refractivity (Wildman–Crippen MR) is 56.7 cm³/mol. The van der Waals surface area contributed by atoms with Gasteiger partial charge in [-0.2, -0.15) is 0 Å². The van der Waals surface area contributed by atoms with Gasteiger partial charge in [-0.05, 0) is 12.1 Å². The fraction of sp³-hybridized carbons (Fsp3) is 1.00. The van der Waals surface area contributed by atoms with E-state index in [-0.39, 0.29) is 0 Å². The summed E-state index contributed by atoms with van der Waals surface area (Å²) in [5.41, 5.74) is 10.8. The third-order valence-corrected chi connectivity index (χ3v) is 5.66. The molecule has 0 aromatic carbocycles. The van der Waals surface area contributed by atoms with Crippen molar-refractivity contribution < 1.29 is 8.85 Å². The van der Waals surface area contributed by atoms with E-state index >= 15 is 0 Å². The summed E-state index contributed by atoms with van der Waals surface area (Å²) in [7, 11) is -1.95. The van der Waals surface area contributed by atoms with Crippen LogP contribution in [0.15, 0.2) is 0 Å². The van der Waals surface area contributed by atoms with Crippen LogP contribution in [-0.2, 0) is 8.85 Å². The first-order chi connectivity index (χ1) is 6.24. The minimum Gasteiger partial charge on any atom is -0.393 e. The van der Waals surface area contributed by atoms with Gasteiger partial charge in [0.05, 0.1) is 0 Å². The van der Waals surface area contributed by atoms with E-state index in [9.17, 15) is 0 Å². The molecule has 5 heteroatoms. The van der Waals surface area contributed by atoms with Crippen LogP contribution in [0.3, 0.4) is 0 Å². The van der Waals surface area contributed by atoms with Gasteiger partial charge >= 0.3 is 8.56 Å². The maximum absolute atomic E-state index is 5.72. The molecule has 0 bridgehead atoms. The smallest absolute Gasteiger partial charge is 0.337 e. The molecule has 0 aliphatic rings. The minimum atomic E-state index is -1.95. The van der Waals surface area contributed by atoms with E-state index in [1.807, 2.05) is 0 Å². The number of hydrogen-bond acceptors (Lipinski definition) is 4. The van der Waals surface area contributed by atoms with Crippen LogP contribution in [0.1, 0.15) is 13.8 Å². The fourth-order valence-electron chi connectivity index (χ4n) is 1.19. The van der Waals surface area contributed by atoms with Crippen LogP contribution in [0.5, 0.6) is 0 Å². The second-order valence-corrected chi connectivity index (χ2v) is 6.70. The Morgan fingerprint density at radius 1 is 0.923 bits per heavy atom. The highest BCUT2D eigenvalue weighted by atomic mass is 28.4. The van der Waals surface area contributed by atoms with Crippen LogP contribution in [0.25, 0.3) is 0 Å². The summed E-state index contributed by atoms with van der Waals surface area (Å²) in [6.45, 7) is 6.50. The molecule has 0 saturated carbocycles. The van der Waals surface area contributed by atoms with Crippen molar-refractivity contribution in [3.8, 4) is 0 Å². The van der Waals surface area contributed by atoms with Gasteiger partial charge in [-0.3, -0.25) is 0 Å². The van der Waals surface area contributed by atoms with Crippen LogP contribution in [0, 0.1) is 0 Å². The van der Waals surface area contributed by atoms with Gasteiger partial charge in [0.2, 0.25) is 0 Å². The van der Waals surface area contributed by atoms with Crippen LogP contribution >= 0.6 is 0 Å². The highest BCUT2D eigenvalue weighted by molar-refractivity contribution is 6.67. The Morgan fingerprint density at radius 3 is 1.54 bits per heavy atom. The van der Waals surface area contributed by atoms with Crippen molar-refractivity contribution in [2.75, 3.05) is 26.3 Å². The molecule has 0 spiro atoms. The lowest BCUT2D eigenvalue weighted by molar-refractivity contribution is 0.177. The summed E-state index contributed by atoms with van der Waals surface area (Å²) in [5.74, 6) is 0. The molecule has 0 heterocycles. The summed E-state index contributed by atoms with van der Waals surface area (Å²) in [5, 5.41) is 0. The van der Waals surface area contributed by atoms with Crippen molar-refractivity contribution in [3.05, 3.63) is 0 Å². The van der Waals surface area contributed by atoms with E-state index in [0.717, 1.165) is 12.1 Å². The second-order valence-electron chi connectivity index (χ2n) is 2.89. The molecule has 0 saturated heterocycles. The summed E-state index contributed by atoms with van der Waals surface area (Å²) in [4.78, 5) is 0. The number of nitrogens with two attached hydrogens (primary N) is 2. The Balaban J connectivity index is 3.97. The Hall–Kier alpha value is 0.0569. The lowest BCUT2D eigenvalue weighted by Crippen LogP contribution is -2.43. The lowest BCUT2D eigenvalue weighted by Gasteiger charge is -2.28. The molecule has 0 aromatic heterocycles. The highest BCUT2D eigenvalue weighted by Gasteiger charge is 2.32. The highest BCUT2D eigenvalue weighted by Crippen LogP contribution is 2.17. The Morgan fingerprint density at radius 2 is 1.31 bits per heavy atom. The lowest BCUT2D eigenvalue weighted by atomic mass is 10.8. The molecule has 0 aliphatic carbocycles. The van der Waals surface area contributed by atoms with Crippen molar-refractivity contribution in [2.24, 2.45) is 11.5 Å². The maximum Gasteiger partial charge on any atom is 0.337 e. The van der Waals surface area contributed by atoms with Crippen LogP contribution in [0.4, 0.5) is 0 Å². The van der Waals surface area contributed by atoms with Gasteiger partial charge in [0, 0.05) is 26.3 Å². The first-order valence-corrected chi connectivity index (χ1v) is 7.15. The molecular formula is C8H22N2O2Si. The van der Waals surface area contributed by atoms with Crippen molar-refractivity contribution in [2.45, 2.75) is 25.9 Å². The first-order valence-electron chi connectivity index (χ1n) is 4.92. The van der Waals surface area contributed by atoms with E-state index in [2.05, 4.69) is 13.8 Å². The molecule has 0 atom stereocenters. The standard InChI is InChI=1S/C8H22N2O2Si/c1-3-13(4-2,11-7-5-9)12-8-6-10/h3-10H2,1-2H3. The van der Waals surface area contributed by atoms with Crippen LogP contribution < -0.4 is 11.5 Å². The Labute approximate surface area is 81.8 Å². The SMILES string of the molecule is CC[Si](CC)(OCCN)OCCN. The number of rotatable bonds is 8. The van der Waals surface area contributed by atoms with E-state index in [0.29, 0.717) is 26.3 Å². The van der Waals surface area contributed by atoms with Gasteiger partial charge in [-0.25, -0.2) is 0 Å². The molecular weight excluding hydrogens is 184 g/mol. The topological polar surface area (TPSA) is 70.5 Å². The molecule has 0 fully saturated rings. The van der Waals surface area contributed by atoms with Gasteiger partial charge in [0.25, 0.3) is 0 Å². The zero-order valence-electron chi connectivity index (χ0n) is 8.71. The number of hydrogen-bond donors (Lipinski definition) is 2. The molecule has 4 nitrogen and oxygen atoms in total. The maximum atomic E-state index is 5.72. The van der Waals surface area contributed by atoms with Crippen molar-refractivity contribution in [1.29, 1.82) is 0 Å². The van der Waals surface area contributed by atoms with Crippen molar-refractivity contribution >= 4 is 8.56 Å². The largest absolute Gasteiger partial charge is 0.393 e. The van der Waals surface area contributed by atoms with E-state index in [1.165, 1.54) is 0 Å². The molecule has 0 aromatic rings. The van der Waals surface area contributed by atoms with Gasteiger partial charge in [0.15, 0.2) is 0 Å². The van der Waals surface area contributed by atoms with E-state index in [4.69, 9.17) is 20.3 Å². The van der Waals surface area contributed by atoms with Gasteiger partial charge in [0.1, 0.15) is 0 Å². The quantitative estimate of drug-likeness (QED) is 0.565. The minimum absolute atomic E-state index is 0.556. The van der Waals surface area contributed by atoms with Gasteiger partial charge in [-0.15, -0.1) is 0 Å². The third kappa shape index (κ3) is 4.73. The molecule has 0 amide bonds. The zero-order chi connectivity index (χ0) is 10.2. The summed E-state index contributed by atoms with van der Waals surface area (Å²) >= 11 is 0. The Kier molecular flexibility index (Phi) is 7.49. The van der Waals surface area contributed by atoms with Crippen molar-refractivity contribution in [1.82, 2.24) is 0 Å². The van der Waals surface area contributed by atoms with Crippen molar-refractivity contribution in [3.63, 3.8) is 0 Å². The molecule has 13 heavy (non-hydrogen) atoms. The second kappa shape index (κ2) is 7.46. The fourth-order valence-corrected chi connectivity index (χ4v) is 3.57. The van der Waals surface area contributed by atoms with Crippen LogP contribution in [0.2, 0.25) is 12.1 Å². The third-order valence-electron chi connectivity index (χ3n) is 2.04. The summed E-state index contributed by atoms with van der Waals surface area (Å²) in [6, 6.07) is 1.92. The predicted octanol–water partition coefficient (Wildman–Crippen LogP) is 0.419. The first kappa shape index (κ1) is 13.1. The molecule has 80 valence electrons. The molecule has 0 unspecified atom stereocenters. The summed E-state index contributed by atoms with van der Waals surface area (Å²) in [6.07, 6.45) is 0. The molecule has 4 N–H and O–H groups in total. The van der Waals surface area contributed by atoms with Crippen LogP contribution in [-0.4, -0.2) is 34.9 Å². The molecule has 0 radical (unpaired) electrons. The Bertz CT molecular complexity index is 111. The van der Waals surface area contributed by atoms with Gasteiger partial charge in [-0.1, -0.05) is 13.8 Å². The molecule has 0 rings (SSSR count). The monoisotopic (exact) mass is 206 g/mol. The van der Waals surface area contributed by atoms with Gasteiger partial charge < -0.3 is 20.3 Å². The normalized spacial score (nSPS) is 12.0. The average molecular weight is 206 g/mol. The zero-order valence-corrected chi connectivity index (χ0v) is 9.71. The summed E-state index contributed by atoms with van der Waals surface area (Å²) < 4.78 is 11.4. The molecule has 0 aliphatic heterocycles.